The molecule has 1 spiro atoms. The van der Waals surface area contributed by atoms with E-state index in [9.17, 15) is 0 Å². The first kappa shape index (κ1) is 12.2. The van der Waals surface area contributed by atoms with Gasteiger partial charge in [-0.25, -0.2) is 0 Å². The first-order valence-corrected chi connectivity index (χ1v) is 7.16. The summed E-state index contributed by atoms with van der Waals surface area (Å²) in [7, 11) is 0. The zero-order valence-corrected chi connectivity index (χ0v) is 11.3. The molecule has 3 rings (SSSR count). The fourth-order valence-electron chi connectivity index (χ4n) is 3.31. The molecule has 1 aliphatic carbocycles. The van der Waals surface area contributed by atoms with Crippen molar-refractivity contribution in [2.75, 3.05) is 24.5 Å². The van der Waals surface area contributed by atoms with Gasteiger partial charge < -0.3 is 10.2 Å². The van der Waals surface area contributed by atoms with Gasteiger partial charge in [0.2, 0.25) is 0 Å². The highest BCUT2D eigenvalue weighted by molar-refractivity contribution is 6.29. The number of anilines is 1. The third-order valence-electron chi connectivity index (χ3n) is 4.22. The zero-order valence-electron chi connectivity index (χ0n) is 10.5. The summed E-state index contributed by atoms with van der Waals surface area (Å²) in [5.41, 5.74) is 0.249. The van der Waals surface area contributed by atoms with Gasteiger partial charge in [0, 0.05) is 19.6 Å². The second-order valence-electron chi connectivity index (χ2n) is 5.33. The lowest BCUT2D eigenvalue weighted by atomic mass is 9.79. The highest BCUT2D eigenvalue weighted by atomic mass is 35.5. The molecule has 1 saturated carbocycles. The van der Waals surface area contributed by atoms with E-state index < -0.39 is 0 Å². The van der Waals surface area contributed by atoms with E-state index in [4.69, 9.17) is 11.6 Å². The SMILES string of the molecule is Clc1ccc(N2CCNCC23CCCCC3)nn1. The minimum atomic E-state index is 0.249. The number of hydrogen-bond donors (Lipinski definition) is 1. The smallest absolute Gasteiger partial charge is 0.151 e. The van der Waals surface area contributed by atoms with Crippen LogP contribution < -0.4 is 10.2 Å². The van der Waals surface area contributed by atoms with Crippen molar-refractivity contribution in [2.24, 2.45) is 0 Å². The van der Waals surface area contributed by atoms with Gasteiger partial charge in [-0.1, -0.05) is 30.9 Å². The Kier molecular flexibility index (Phi) is 3.39. The molecule has 1 aromatic heterocycles. The Labute approximate surface area is 113 Å². The first-order chi connectivity index (χ1) is 8.80. The molecule has 1 N–H and O–H groups in total. The van der Waals surface area contributed by atoms with Gasteiger partial charge in [-0.2, -0.15) is 0 Å². The van der Waals surface area contributed by atoms with Gasteiger partial charge in [-0.05, 0) is 25.0 Å². The number of aromatic nitrogens is 2. The summed E-state index contributed by atoms with van der Waals surface area (Å²) in [6.45, 7) is 3.10. The Balaban J connectivity index is 1.89. The molecule has 0 bridgehead atoms. The standard InChI is InChI=1S/C13H19ClN4/c14-11-4-5-12(17-16-11)18-9-8-15-10-13(18)6-2-1-3-7-13/h4-5,15H,1-3,6-10H2. The van der Waals surface area contributed by atoms with Crippen LogP contribution in [0.15, 0.2) is 12.1 Å². The van der Waals surface area contributed by atoms with E-state index in [2.05, 4.69) is 20.4 Å². The maximum absolute atomic E-state index is 5.82. The molecule has 0 unspecified atom stereocenters. The summed E-state index contributed by atoms with van der Waals surface area (Å²) in [6, 6.07) is 3.83. The van der Waals surface area contributed by atoms with Gasteiger partial charge in [0.25, 0.3) is 0 Å². The van der Waals surface area contributed by atoms with Crippen molar-refractivity contribution in [3.63, 3.8) is 0 Å². The van der Waals surface area contributed by atoms with Crippen molar-refractivity contribution in [3.05, 3.63) is 17.3 Å². The van der Waals surface area contributed by atoms with Gasteiger partial charge >= 0.3 is 0 Å². The Morgan fingerprint density at radius 2 is 2.00 bits per heavy atom. The second kappa shape index (κ2) is 5.02. The average molecular weight is 267 g/mol. The fourth-order valence-corrected chi connectivity index (χ4v) is 3.41. The van der Waals surface area contributed by atoms with Crippen molar-refractivity contribution in [3.8, 4) is 0 Å². The van der Waals surface area contributed by atoms with Gasteiger partial charge in [0.1, 0.15) is 0 Å². The van der Waals surface area contributed by atoms with E-state index in [1.807, 2.05) is 12.1 Å². The number of halogens is 1. The van der Waals surface area contributed by atoms with Crippen LogP contribution in [0.3, 0.4) is 0 Å². The average Bonchev–Trinajstić information content (AvgIpc) is 2.42. The van der Waals surface area contributed by atoms with Gasteiger partial charge in [0.15, 0.2) is 11.0 Å². The maximum Gasteiger partial charge on any atom is 0.151 e. The minimum absolute atomic E-state index is 0.249. The summed E-state index contributed by atoms with van der Waals surface area (Å²) >= 11 is 5.82. The highest BCUT2D eigenvalue weighted by Crippen LogP contribution is 2.36. The van der Waals surface area contributed by atoms with Crippen LogP contribution in [0.1, 0.15) is 32.1 Å². The van der Waals surface area contributed by atoms with Crippen molar-refractivity contribution in [1.82, 2.24) is 15.5 Å². The predicted octanol–water partition coefficient (Wildman–Crippen LogP) is 2.24. The largest absolute Gasteiger partial charge is 0.347 e. The molecule has 2 heterocycles. The second-order valence-corrected chi connectivity index (χ2v) is 5.71. The molecule has 0 atom stereocenters. The van der Waals surface area contributed by atoms with Crippen molar-refractivity contribution in [2.45, 2.75) is 37.6 Å². The van der Waals surface area contributed by atoms with Gasteiger partial charge in [-0.3, -0.25) is 0 Å². The molecular weight excluding hydrogens is 248 g/mol. The van der Waals surface area contributed by atoms with Gasteiger partial charge in [-0.15, -0.1) is 10.2 Å². The summed E-state index contributed by atoms with van der Waals surface area (Å²) in [6.07, 6.45) is 6.51. The topological polar surface area (TPSA) is 41.0 Å². The van der Waals surface area contributed by atoms with Crippen LogP contribution in [0.25, 0.3) is 0 Å². The molecule has 0 amide bonds. The quantitative estimate of drug-likeness (QED) is 0.847. The molecule has 0 aromatic carbocycles. The Hall–Kier alpha value is -0.870. The molecule has 5 heteroatoms. The molecule has 4 nitrogen and oxygen atoms in total. The van der Waals surface area contributed by atoms with Crippen molar-refractivity contribution in [1.29, 1.82) is 0 Å². The van der Waals surface area contributed by atoms with Crippen LogP contribution in [0.4, 0.5) is 5.82 Å². The first-order valence-electron chi connectivity index (χ1n) is 6.78. The summed E-state index contributed by atoms with van der Waals surface area (Å²) in [5.74, 6) is 0.975. The number of piperazine rings is 1. The van der Waals surface area contributed by atoms with E-state index in [0.717, 1.165) is 25.5 Å². The number of hydrogen-bond acceptors (Lipinski definition) is 4. The molecule has 2 aliphatic rings. The van der Waals surface area contributed by atoms with E-state index in [-0.39, 0.29) is 5.54 Å². The molecule has 1 aliphatic heterocycles. The molecule has 98 valence electrons. The van der Waals surface area contributed by atoms with Crippen molar-refractivity contribution >= 4 is 17.4 Å². The van der Waals surface area contributed by atoms with Crippen molar-refractivity contribution < 1.29 is 0 Å². The summed E-state index contributed by atoms with van der Waals surface area (Å²) in [5, 5.41) is 12.3. The van der Waals surface area contributed by atoms with Gasteiger partial charge in [0.05, 0.1) is 5.54 Å². The van der Waals surface area contributed by atoms with Crippen LogP contribution in [-0.4, -0.2) is 35.4 Å². The lowest BCUT2D eigenvalue weighted by molar-refractivity contribution is 0.239. The summed E-state index contributed by atoms with van der Waals surface area (Å²) < 4.78 is 0. The van der Waals surface area contributed by atoms with Crippen LogP contribution in [0.2, 0.25) is 5.15 Å². The normalized spacial score (nSPS) is 23.3. The monoisotopic (exact) mass is 266 g/mol. The summed E-state index contributed by atoms with van der Waals surface area (Å²) in [4.78, 5) is 2.45. The van der Waals surface area contributed by atoms with Crippen LogP contribution in [0, 0.1) is 0 Å². The Morgan fingerprint density at radius 3 is 2.72 bits per heavy atom. The van der Waals surface area contributed by atoms with E-state index in [0.29, 0.717) is 5.15 Å². The molecule has 0 radical (unpaired) electrons. The highest BCUT2D eigenvalue weighted by Gasteiger charge is 2.40. The molecule has 18 heavy (non-hydrogen) atoms. The predicted molar refractivity (Wildman–Crippen MR) is 73.1 cm³/mol. The maximum atomic E-state index is 5.82. The third-order valence-corrected chi connectivity index (χ3v) is 4.42. The number of rotatable bonds is 1. The zero-order chi connectivity index (χ0) is 12.4. The van der Waals surface area contributed by atoms with E-state index in [1.54, 1.807) is 0 Å². The Bertz CT molecular complexity index is 392. The molecular formula is C13H19ClN4. The third kappa shape index (κ3) is 2.19. The number of nitrogens with one attached hydrogen (secondary N) is 1. The molecule has 1 aromatic rings. The minimum Gasteiger partial charge on any atom is -0.347 e. The van der Waals surface area contributed by atoms with Crippen LogP contribution >= 0.6 is 11.6 Å². The lowest BCUT2D eigenvalue weighted by Gasteiger charge is -2.50. The van der Waals surface area contributed by atoms with E-state index in [1.165, 1.54) is 32.1 Å². The fraction of sp³-hybridized carbons (Fsp3) is 0.692. The van der Waals surface area contributed by atoms with E-state index >= 15 is 0 Å². The Morgan fingerprint density at radius 1 is 1.17 bits per heavy atom. The molecule has 1 saturated heterocycles. The molecule has 2 fully saturated rings. The van der Waals surface area contributed by atoms with Crippen LogP contribution in [0.5, 0.6) is 0 Å². The van der Waals surface area contributed by atoms with Crippen LogP contribution in [-0.2, 0) is 0 Å². The number of nitrogens with zero attached hydrogens (tertiary/aromatic N) is 3. The lowest BCUT2D eigenvalue weighted by Crippen LogP contribution is -2.62.